The fourth-order valence-corrected chi connectivity index (χ4v) is 0.694. The highest BCUT2D eigenvalue weighted by atomic mass is 19.3. The number of rotatable bonds is 2. The number of diazo groups is 1. The third kappa shape index (κ3) is 2.16. The highest BCUT2D eigenvalue weighted by Gasteiger charge is 2.06. The van der Waals surface area contributed by atoms with Gasteiger partial charge in [-0.25, -0.2) is 0 Å². The van der Waals surface area contributed by atoms with Crippen LogP contribution in [0.3, 0.4) is 0 Å². The molecule has 0 amide bonds. The van der Waals surface area contributed by atoms with Crippen LogP contribution in [0, 0.1) is 5.39 Å². The summed E-state index contributed by atoms with van der Waals surface area (Å²) in [6, 6.07) is 5.30. The van der Waals surface area contributed by atoms with E-state index in [1.54, 1.807) is 0 Å². The fourth-order valence-electron chi connectivity index (χ4n) is 0.694. The molecular formula is C7H5F2N2O+. The molecule has 1 aromatic carbocycles. The number of hydrogen-bond donors (Lipinski definition) is 0. The van der Waals surface area contributed by atoms with Gasteiger partial charge in [-0.1, -0.05) is 0 Å². The molecule has 62 valence electrons. The summed E-state index contributed by atoms with van der Waals surface area (Å²) in [6.07, 6.45) is 0. The van der Waals surface area contributed by atoms with Crippen LogP contribution < -0.4 is 4.74 Å². The van der Waals surface area contributed by atoms with Crippen molar-refractivity contribution in [3.05, 3.63) is 29.2 Å². The van der Waals surface area contributed by atoms with Crippen molar-refractivity contribution in [3.63, 3.8) is 0 Å². The maximum absolute atomic E-state index is 11.6. The van der Waals surface area contributed by atoms with Gasteiger partial charge in [-0.15, -0.1) is 0 Å². The van der Waals surface area contributed by atoms with E-state index in [4.69, 9.17) is 5.39 Å². The summed E-state index contributed by atoms with van der Waals surface area (Å²) in [6.45, 7) is -2.83. The van der Waals surface area contributed by atoms with Crippen molar-refractivity contribution in [2.45, 2.75) is 6.61 Å². The van der Waals surface area contributed by atoms with Gasteiger partial charge in [-0.2, -0.15) is 8.78 Å². The van der Waals surface area contributed by atoms with Gasteiger partial charge < -0.3 is 4.74 Å². The first-order chi connectivity index (χ1) is 5.72. The van der Waals surface area contributed by atoms with E-state index in [2.05, 4.69) is 9.71 Å². The summed E-state index contributed by atoms with van der Waals surface area (Å²) in [4.78, 5) is 2.85. The number of alkyl halides is 2. The SMILES string of the molecule is N#[N+]c1ccc(OC(F)F)cc1. The third-order valence-electron chi connectivity index (χ3n) is 1.18. The Kier molecular flexibility index (Phi) is 2.53. The van der Waals surface area contributed by atoms with E-state index in [-0.39, 0.29) is 11.4 Å². The lowest BCUT2D eigenvalue weighted by molar-refractivity contribution is -0.0498. The highest BCUT2D eigenvalue weighted by Crippen LogP contribution is 2.19. The zero-order valence-corrected chi connectivity index (χ0v) is 5.95. The number of ether oxygens (including phenoxy) is 1. The Morgan fingerprint density at radius 2 is 1.83 bits per heavy atom. The molecule has 5 heteroatoms. The quantitative estimate of drug-likeness (QED) is 0.641. The average molecular weight is 171 g/mol. The molecule has 1 aromatic rings. The van der Waals surface area contributed by atoms with Gasteiger partial charge >= 0.3 is 12.3 Å². The molecule has 1 rings (SSSR count). The minimum Gasteiger partial charge on any atom is -0.435 e. The van der Waals surface area contributed by atoms with Crippen LogP contribution in [-0.2, 0) is 0 Å². The first-order valence-corrected chi connectivity index (χ1v) is 3.12. The minimum atomic E-state index is -2.83. The normalized spacial score (nSPS) is 9.50. The molecule has 0 N–H and O–H groups in total. The van der Waals surface area contributed by atoms with Gasteiger partial charge in [0.2, 0.25) is 5.39 Å². The summed E-state index contributed by atoms with van der Waals surface area (Å²) in [5.41, 5.74) is 0.289. The summed E-state index contributed by atoms with van der Waals surface area (Å²) in [5, 5.41) is 8.25. The van der Waals surface area contributed by atoms with Crippen molar-refractivity contribution in [1.29, 1.82) is 5.39 Å². The van der Waals surface area contributed by atoms with Crippen molar-refractivity contribution in [2.75, 3.05) is 0 Å². The standard InChI is InChI=1S/C7H5F2N2O/c8-7(9)12-6-3-1-5(11-10)2-4-6/h1-4,7H/q+1. The molecule has 0 unspecified atom stereocenters. The van der Waals surface area contributed by atoms with E-state index in [9.17, 15) is 8.78 Å². The maximum Gasteiger partial charge on any atom is 0.387 e. The molecule has 0 aliphatic carbocycles. The van der Waals surface area contributed by atoms with Crippen LogP contribution in [0.5, 0.6) is 5.75 Å². The number of benzene rings is 1. The van der Waals surface area contributed by atoms with Gasteiger partial charge in [0.25, 0.3) is 0 Å². The van der Waals surface area contributed by atoms with E-state index in [1.165, 1.54) is 24.3 Å². The molecule has 0 atom stereocenters. The van der Waals surface area contributed by atoms with Crippen molar-refractivity contribution in [2.24, 2.45) is 0 Å². The summed E-state index contributed by atoms with van der Waals surface area (Å²) in [7, 11) is 0. The Hall–Kier alpha value is -1.70. The molecule has 0 aromatic heterocycles. The zero-order chi connectivity index (χ0) is 8.97. The van der Waals surface area contributed by atoms with Crippen LogP contribution in [-0.4, -0.2) is 6.61 Å². The first kappa shape index (κ1) is 8.40. The van der Waals surface area contributed by atoms with Crippen LogP contribution in [0.2, 0.25) is 0 Å². The Balaban J connectivity index is 2.73. The molecule has 0 spiro atoms. The van der Waals surface area contributed by atoms with E-state index in [0.717, 1.165) is 0 Å². The monoisotopic (exact) mass is 171 g/mol. The fraction of sp³-hybridized carbons (Fsp3) is 0.143. The van der Waals surface area contributed by atoms with Crippen LogP contribution in [0.1, 0.15) is 0 Å². The van der Waals surface area contributed by atoms with E-state index in [1.807, 2.05) is 0 Å². The van der Waals surface area contributed by atoms with Crippen molar-refractivity contribution >= 4 is 5.69 Å². The van der Waals surface area contributed by atoms with Gasteiger partial charge in [-0.3, -0.25) is 0 Å². The Labute approximate surface area is 67.2 Å². The minimum absolute atomic E-state index is 0.0393. The molecule has 0 saturated carbocycles. The smallest absolute Gasteiger partial charge is 0.387 e. The molecule has 0 saturated heterocycles. The summed E-state index contributed by atoms with van der Waals surface area (Å²) >= 11 is 0. The predicted molar refractivity (Wildman–Crippen MR) is 37.8 cm³/mol. The number of halogens is 2. The van der Waals surface area contributed by atoms with Crippen LogP contribution in [0.4, 0.5) is 14.5 Å². The van der Waals surface area contributed by atoms with Crippen molar-refractivity contribution in [3.8, 4) is 5.75 Å². The van der Waals surface area contributed by atoms with Gasteiger partial charge in [0.05, 0.1) is 0 Å². The van der Waals surface area contributed by atoms with Gasteiger partial charge in [0.15, 0.2) is 4.98 Å². The third-order valence-corrected chi connectivity index (χ3v) is 1.18. The summed E-state index contributed by atoms with van der Waals surface area (Å²) < 4.78 is 27.3. The molecule has 0 aliphatic heterocycles. The lowest BCUT2D eigenvalue weighted by atomic mass is 10.3. The van der Waals surface area contributed by atoms with Gasteiger partial charge in [0.1, 0.15) is 5.75 Å². The molecular weight excluding hydrogens is 166 g/mol. The second kappa shape index (κ2) is 3.62. The Bertz CT molecular complexity index is 291. The van der Waals surface area contributed by atoms with Crippen LogP contribution in [0.15, 0.2) is 24.3 Å². The molecule has 0 fully saturated rings. The van der Waals surface area contributed by atoms with Gasteiger partial charge in [-0.05, 0) is 12.1 Å². The van der Waals surface area contributed by atoms with Crippen molar-refractivity contribution in [1.82, 2.24) is 0 Å². The molecule has 0 aliphatic rings. The Morgan fingerprint density at radius 3 is 2.25 bits per heavy atom. The molecule has 3 nitrogen and oxygen atoms in total. The predicted octanol–water partition coefficient (Wildman–Crippen LogP) is 2.77. The van der Waals surface area contributed by atoms with E-state index in [0.29, 0.717) is 0 Å². The maximum atomic E-state index is 11.6. The topological polar surface area (TPSA) is 37.4 Å². The first-order valence-electron chi connectivity index (χ1n) is 3.12. The van der Waals surface area contributed by atoms with Crippen LogP contribution in [0.25, 0.3) is 4.98 Å². The Morgan fingerprint density at radius 1 is 1.25 bits per heavy atom. The number of nitrogens with zero attached hydrogens (tertiary/aromatic N) is 2. The lowest BCUT2D eigenvalue weighted by Gasteiger charge is -2.00. The van der Waals surface area contributed by atoms with Crippen molar-refractivity contribution < 1.29 is 13.5 Å². The lowest BCUT2D eigenvalue weighted by Crippen LogP contribution is -2.01. The largest absolute Gasteiger partial charge is 0.435 e. The van der Waals surface area contributed by atoms with Gasteiger partial charge in [0, 0.05) is 12.1 Å². The highest BCUT2D eigenvalue weighted by molar-refractivity contribution is 5.46. The average Bonchev–Trinajstić information content (AvgIpc) is 2.05. The van der Waals surface area contributed by atoms with Crippen LogP contribution >= 0.6 is 0 Å². The molecule has 12 heavy (non-hydrogen) atoms. The summed E-state index contributed by atoms with van der Waals surface area (Å²) in [5.74, 6) is 0.0393. The zero-order valence-electron chi connectivity index (χ0n) is 5.95. The second-order valence-corrected chi connectivity index (χ2v) is 1.97. The molecule has 0 radical (unpaired) electrons. The number of hydrogen-bond acceptors (Lipinski definition) is 2. The van der Waals surface area contributed by atoms with E-state index < -0.39 is 6.61 Å². The molecule has 0 bridgehead atoms. The van der Waals surface area contributed by atoms with E-state index >= 15 is 0 Å². The molecule has 0 heterocycles. The second-order valence-electron chi connectivity index (χ2n) is 1.97.